The second-order valence-electron chi connectivity index (χ2n) is 6.75. The van der Waals surface area contributed by atoms with Crippen molar-refractivity contribution in [3.05, 3.63) is 46.8 Å². The molecule has 0 saturated heterocycles. The molecule has 0 unspecified atom stereocenters. The standard InChI is InChI=1S/C17H24N2O3S/c1-12-16(13(2)22-19-12)23(20,21)18-11-10-14-6-8-15(9-7-14)17(3,4)5/h6-9,18H,10-11H2,1-5H3. The second kappa shape index (κ2) is 6.45. The van der Waals surface area contributed by atoms with E-state index in [1.807, 2.05) is 12.1 Å². The molecule has 0 amide bonds. The molecule has 0 atom stereocenters. The van der Waals surface area contributed by atoms with Crippen LogP contribution in [0.15, 0.2) is 33.7 Å². The van der Waals surface area contributed by atoms with Crippen LogP contribution in [0.1, 0.15) is 43.4 Å². The van der Waals surface area contributed by atoms with E-state index in [0.29, 0.717) is 24.4 Å². The van der Waals surface area contributed by atoms with Gasteiger partial charge in [-0.15, -0.1) is 0 Å². The summed E-state index contributed by atoms with van der Waals surface area (Å²) in [7, 11) is -3.59. The number of rotatable bonds is 5. The van der Waals surface area contributed by atoms with Gasteiger partial charge in [0.2, 0.25) is 10.0 Å². The molecule has 0 aliphatic carbocycles. The third-order valence-electron chi connectivity index (χ3n) is 3.76. The Morgan fingerprint density at radius 3 is 2.22 bits per heavy atom. The van der Waals surface area contributed by atoms with Crippen molar-refractivity contribution in [2.24, 2.45) is 0 Å². The Balaban J connectivity index is 2.00. The van der Waals surface area contributed by atoms with E-state index in [9.17, 15) is 8.42 Å². The molecule has 1 heterocycles. The molecule has 0 saturated carbocycles. The van der Waals surface area contributed by atoms with Crippen LogP contribution in [-0.2, 0) is 21.9 Å². The van der Waals surface area contributed by atoms with E-state index in [4.69, 9.17) is 4.52 Å². The molecule has 1 aromatic heterocycles. The minimum absolute atomic E-state index is 0.115. The van der Waals surface area contributed by atoms with Gasteiger partial charge in [0.15, 0.2) is 5.76 Å². The highest BCUT2D eigenvalue weighted by Crippen LogP contribution is 2.22. The van der Waals surface area contributed by atoms with Crippen molar-refractivity contribution in [2.45, 2.75) is 51.3 Å². The first kappa shape index (κ1) is 17.7. The molecule has 0 radical (unpaired) electrons. The van der Waals surface area contributed by atoms with E-state index in [1.54, 1.807) is 13.8 Å². The average molecular weight is 336 g/mol. The molecular weight excluding hydrogens is 312 g/mol. The predicted molar refractivity (Wildman–Crippen MR) is 90.0 cm³/mol. The number of nitrogens with one attached hydrogen (secondary N) is 1. The summed E-state index contributed by atoms with van der Waals surface area (Å²) in [5, 5.41) is 3.69. The Morgan fingerprint density at radius 1 is 1.13 bits per heavy atom. The van der Waals surface area contributed by atoms with Crippen molar-refractivity contribution in [3.8, 4) is 0 Å². The fraction of sp³-hybridized carbons (Fsp3) is 0.471. The normalized spacial score (nSPS) is 12.6. The van der Waals surface area contributed by atoms with Gasteiger partial charge in [-0.05, 0) is 36.8 Å². The topological polar surface area (TPSA) is 72.2 Å². The summed E-state index contributed by atoms with van der Waals surface area (Å²) in [5.74, 6) is 0.310. The van der Waals surface area contributed by atoms with Crippen LogP contribution in [0.5, 0.6) is 0 Å². The molecule has 1 N–H and O–H groups in total. The predicted octanol–water partition coefficient (Wildman–Crippen LogP) is 3.11. The summed E-state index contributed by atoms with van der Waals surface area (Å²) < 4.78 is 32.1. The Labute approximate surface area is 138 Å². The van der Waals surface area contributed by atoms with Crippen molar-refractivity contribution in [3.63, 3.8) is 0 Å². The molecule has 2 rings (SSSR count). The zero-order valence-electron chi connectivity index (χ0n) is 14.3. The van der Waals surface area contributed by atoms with E-state index in [2.05, 4.69) is 42.8 Å². The van der Waals surface area contributed by atoms with E-state index < -0.39 is 10.0 Å². The summed E-state index contributed by atoms with van der Waals surface area (Å²) in [6.45, 7) is 10.1. The number of sulfonamides is 1. The Bertz CT molecular complexity index is 750. The van der Waals surface area contributed by atoms with Crippen LogP contribution in [0.25, 0.3) is 0 Å². The molecule has 1 aromatic carbocycles. The highest BCUT2D eigenvalue weighted by Gasteiger charge is 2.23. The van der Waals surface area contributed by atoms with E-state index in [1.165, 1.54) is 5.56 Å². The largest absolute Gasteiger partial charge is 0.360 e. The number of aryl methyl sites for hydroxylation is 2. The SMILES string of the molecule is Cc1noc(C)c1S(=O)(=O)NCCc1ccc(C(C)(C)C)cc1. The summed E-state index contributed by atoms with van der Waals surface area (Å²) >= 11 is 0. The molecule has 23 heavy (non-hydrogen) atoms. The first-order valence-electron chi connectivity index (χ1n) is 7.63. The van der Waals surface area contributed by atoms with Crippen LogP contribution in [0.4, 0.5) is 0 Å². The molecule has 2 aromatic rings. The van der Waals surface area contributed by atoms with E-state index in [0.717, 1.165) is 5.56 Å². The van der Waals surface area contributed by atoms with Gasteiger partial charge in [0.05, 0.1) is 0 Å². The van der Waals surface area contributed by atoms with Crippen molar-refractivity contribution >= 4 is 10.0 Å². The van der Waals surface area contributed by atoms with Crippen LogP contribution in [-0.4, -0.2) is 20.1 Å². The fourth-order valence-corrected chi connectivity index (χ4v) is 3.79. The first-order valence-corrected chi connectivity index (χ1v) is 9.11. The lowest BCUT2D eigenvalue weighted by Crippen LogP contribution is -2.26. The molecule has 0 spiro atoms. The van der Waals surface area contributed by atoms with E-state index >= 15 is 0 Å². The third kappa shape index (κ3) is 4.20. The monoisotopic (exact) mass is 336 g/mol. The number of benzene rings is 1. The van der Waals surface area contributed by atoms with Crippen molar-refractivity contribution in [1.82, 2.24) is 9.88 Å². The molecule has 0 aliphatic heterocycles. The lowest BCUT2D eigenvalue weighted by molar-refractivity contribution is 0.390. The van der Waals surface area contributed by atoms with Gasteiger partial charge in [-0.3, -0.25) is 0 Å². The highest BCUT2D eigenvalue weighted by atomic mass is 32.2. The Hall–Kier alpha value is -1.66. The summed E-state index contributed by atoms with van der Waals surface area (Å²) in [6, 6.07) is 8.28. The van der Waals surface area contributed by atoms with Gasteiger partial charge in [0.1, 0.15) is 10.6 Å². The van der Waals surface area contributed by atoms with Crippen LogP contribution in [0.3, 0.4) is 0 Å². The number of nitrogens with zero attached hydrogens (tertiary/aromatic N) is 1. The molecule has 0 fully saturated rings. The van der Waals surface area contributed by atoms with Gasteiger partial charge < -0.3 is 4.52 Å². The lowest BCUT2D eigenvalue weighted by Gasteiger charge is -2.19. The minimum atomic E-state index is -3.59. The third-order valence-corrected chi connectivity index (χ3v) is 5.47. The minimum Gasteiger partial charge on any atom is -0.360 e. The molecule has 0 bridgehead atoms. The molecular formula is C17H24N2O3S. The summed E-state index contributed by atoms with van der Waals surface area (Å²) in [5.41, 5.74) is 2.85. The molecule has 5 nitrogen and oxygen atoms in total. The molecule has 6 heteroatoms. The highest BCUT2D eigenvalue weighted by molar-refractivity contribution is 7.89. The van der Waals surface area contributed by atoms with Gasteiger partial charge in [-0.25, -0.2) is 13.1 Å². The first-order chi connectivity index (χ1) is 10.6. The van der Waals surface area contributed by atoms with Crippen molar-refractivity contribution < 1.29 is 12.9 Å². The maximum atomic E-state index is 12.3. The number of hydrogen-bond acceptors (Lipinski definition) is 4. The number of aromatic nitrogens is 1. The number of hydrogen-bond donors (Lipinski definition) is 1. The molecule has 126 valence electrons. The summed E-state index contributed by atoms with van der Waals surface area (Å²) in [4.78, 5) is 0.139. The second-order valence-corrected chi connectivity index (χ2v) is 8.45. The average Bonchev–Trinajstić information content (AvgIpc) is 2.78. The van der Waals surface area contributed by atoms with Crippen LogP contribution >= 0.6 is 0 Å². The van der Waals surface area contributed by atoms with Crippen LogP contribution < -0.4 is 4.72 Å². The van der Waals surface area contributed by atoms with Gasteiger partial charge in [-0.2, -0.15) is 0 Å². The maximum Gasteiger partial charge on any atom is 0.245 e. The summed E-state index contributed by atoms with van der Waals surface area (Å²) in [6.07, 6.45) is 0.632. The van der Waals surface area contributed by atoms with Crippen molar-refractivity contribution in [1.29, 1.82) is 0 Å². The maximum absolute atomic E-state index is 12.3. The van der Waals surface area contributed by atoms with Crippen LogP contribution in [0.2, 0.25) is 0 Å². The molecule has 0 aliphatic rings. The zero-order chi connectivity index (χ0) is 17.3. The van der Waals surface area contributed by atoms with Gasteiger partial charge in [0, 0.05) is 6.54 Å². The van der Waals surface area contributed by atoms with Gasteiger partial charge in [0.25, 0.3) is 0 Å². The van der Waals surface area contributed by atoms with Crippen LogP contribution in [0, 0.1) is 13.8 Å². The van der Waals surface area contributed by atoms with E-state index in [-0.39, 0.29) is 10.3 Å². The van der Waals surface area contributed by atoms with Gasteiger partial charge in [-0.1, -0.05) is 50.2 Å². The zero-order valence-corrected chi connectivity index (χ0v) is 15.1. The Morgan fingerprint density at radius 2 is 1.74 bits per heavy atom. The van der Waals surface area contributed by atoms with Gasteiger partial charge >= 0.3 is 0 Å². The van der Waals surface area contributed by atoms with Crippen molar-refractivity contribution in [2.75, 3.05) is 6.54 Å². The fourth-order valence-electron chi connectivity index (χ4n) is 2.43. The smallest absolute Gasteiger partial charge is 0.245 e. The quantitative estimate of drug-likeness (QED) is 0.910. The Kier molecular flexibility index (Phi) is 4.96. The lowest BCUT2D eigenvalue weighted by atomic mass is 9.86.